The van der Waals surface area contributed by atoms with Crippen LogP contribution in [-0.4, -0.2) is 30.2 Å². The summed E-state index contributed by atoms with van der Waals surface area (Å²) in [6.45, 7) is 6.71. The van der Waals surface area contributed by atoms with Crippen LogP contribution in [0, 0.1) is 0 Å². The summed E-state index contributed by atoms with van der Waals surface area (Å²) in [5.41, 5.74) is 1.31. The topological polar surface area (TPSA) is 28.2 Å². The number of anilines is 1. The van der Waals surface area contributed by atoms with Crippen molar-refractivity contribution in [2.75, 3.05) is 18.0 Å². The van der Waals surface area contributed by atoms with E-state index in [2.05, 4.69) is 41.2 Å². The molecule has 1 fully saturated rings. The van der Waals surface area contributed by atoms with Gasteiger partial charge in [0.2, 0.25) is 0 Å². The van der Waals surface area contributed by atoms with Gasteiger partial charge in [0.15, 0.2) is 0 Å². The molecule has 1 aliphatic heterocycles. The second-order valence-corrected chi connectivity index (χ2v) is 4.43. The highest BCUT2D eigenvalue weighted by atomic mass is 15.2. The molecule has 0 aromatic carbocycles. The summed E-state index contributed by atoms with van der Waals surface area (Å²) < 4.78 is 0. The lowest BCUT2D eigenvalue weighted by Gasteiger charge is -2.41. The number of hydrogen-bond acceptors (Lipinski definition) is 3. The minimum atomic E-state index is 0.616. The van der Waals surface area contributed by atoms with Crippen LogP contribution in [0.4, 0.5) is 5.69 Å². The van der Waals surface area contributed by atoms with Gasteiger partial charge in [0.05, 0.1) is 0 Å². The van der Waals surface area contributed by atoms with Gasteiger partial charge >= 0.3 is 0 Å². The number of aromatic nitrogens is 1. The number of hydrogen-bond donors (Lipinski definition) is 1. The molecule has 1 N–H and O–H groups in total. The van der Waals surface area contributed by atoms with Crippen molar-refractivity contribution in [2.24, 2.45) is 0 Å². The molecule has 0 spiro atoms. The van der Waals surface area contributed by atoms with Gasteiger partial charge in [-0.25, -0.2) is 0 Å². The molecular weight excluding hydrogens is 198 g/mol. The van der Waals surface area contributed by atoms with Gasteiger partial charge in [-0.15, -0.1) is 0 Å². The van der Waals surface area contributed by atoms with E-state index in [0.717, 1.165) is 13.1 Å². The van der Waals surface area contributed by atoms with Gasteiger partial charge < -0.3 is 10.2 Å². The van der Waals surface area contributed by atoms with Gasteiger partial charge in [0, 0.05) is 43.3 Å². The van der Waals surface area contributed by atoms with Crippen LogP contribution < -0.4 is 10.2 Å². The average Bonchev–Trinajstić information content (AvgIpc) is 2.39. The summed E-state index contributed by atoms with van der Waals surface area (Å²) in [5.74, 6) is 0. The summed E-state index contributed by atoms with van der Waals surface area (Å²) in [4.78, 5) is 6.61. The van der Waals surface area contributed by atoms with E-state index < -0.39 is 0 Å². The molecule has 0 radical (unpaired) electrons. The maximum Gasteiger partial charge on any atom is 0.0412 e. The van der Waals surface area contributed by atoms with Crippen molar-refractivity contribution in [3.8, 4) is 0 Å². The highest BCUT2D eigenvalue weighted by Gasteiger charge is 2.25. The summed E-state index contributed by atoms with van der Waals surface area (Å²) >= 11 is 0. The molecule has 0 aliphatic carbocycles. The summed E-state index contributed by atoms with van der Waals surface area (Å²) in [5, 5.41) is 3.61. The van der Waals surface area contributed by atoms with Crippen molar-refractivity contribution < 1.29 is 0 Å². The number of piperazine rings is 1. The van der Waals surface area contributed by atoms with E-state index in [1.807, 2.05) is 12.4 Å². The molecule has 3 nitrogen and oxygen atoms in total. The van der Waals surface area contributed by atoms with Crippen LogP contribution in [0.15, 0.2) is 24.5 Å². The Morgan fingerprint density at radius 2 is 2.06 bits per heavy atom. The molecule has 2 atom stereocenters. The lowest BCUT2D eigenvalue weighted by molar-refractivity contribution is 0.379. The Bertz CT molecular complexity index is 312. The first-order valence-corrected chi connectivity index (χ1v) is 6.25. The molecule has 0 amide bonds. The Balaban J connectivity index is 2.15. The summed E-state index contributed by atoms with van der Waals surface area (Å²) in [7, 11) is 0. The van der Waals surface area contributed by atoms with E-state index in [-0.39, 0.29) is 0 Å². The molecule has 2 heterocycles. The van der Waals surface area contributed by atoms with Crippen LogP contribution in [0.25, 0.3) is 0 Å². The highest BCUT2D eigenvalue weighted by molar-refractivity contribution is 5.46. The molecule has 1 aliphatic rings. The predicted octanol–water partition coefficient (Wildman–Crippen LogP) is 2.05. The van der Waals surface area contributed by atoms with E-state index in [1.165, 1.54) is 18.5 Å². The molecular formula is C13H21N3. The van der Waals surface area contributed by atoms with Crippen LogP contribution in [-0.2, 0) is 0 Å². The fourth-order valence-electron chi connectivity index (χ4n) is 2.35. The maximum atomic E-state index is 4.09. The SMILES string of the molecule is CCC1CN(c2ccncc2)C(CC)CN1. The molecule has 88 valence electrons. The van der Waals surface area contributed by atoms with Gasteiger partial charge in [-0.3, -0.25) is 4.98 Å². The van der Waals surface area contributed by atoms with Gasteiger partial charge in [-0.1, -0.05) is 13.8 Å². The average molecular weight is 219 g/mol. The first kappa shape index (κ1) is 11.4. The number of rotatable bonds is 3. The maximum absolute atomic E-state index is 4.09. The normalized spacial score (nSPS) is 25.8. The van der Waals surface area contributed by atoms with Crippen molar-refractivity contribution in [3.05, 3.63) is 24.5 Å². The van der Waals surface area contributed by atoms with Crippen molar-refractivity contribution in [3.63, 3.8) is 0 Å². The molecule has 16 heavy (non-hydrogen) atoms. The quantitative estimate of drug-likeness (QED) is 0.843. The molecule has 1 saturated heterocycles. The van der Waals surface area contributed by atoms with Crippen molar-refractivity contribution >= 4 is 5.69 Å². The lowest BCUT2D eigenvalue weighted by atomic mass is 10.0. The third kappa shape index (κ3) is 2.35. The smallest absolute Gasteiger partial charge is 0.0412 e. The first-order valence-electron chi connectivity index (χ1n) is 6.25. The minimum Gasteiger partial charge on any atom is -0.366 e. The van der Waals surface area contributed by atoms with E-state index in [0.29, 0.717) is 12.1 Å². The third-order valence-electron chi connectivity index (χ3n) is 3.46. The van der Waals surface area contributed by atoms with Crippen LogP contribution >= 0.6 is 0 Å². The van der Waals surface area contributed by atoms with Gasteiger partial charge in [-0.05, 0) is 25.0 Å². The number of nitrogens with zero attached hydrogens (tertiary/aromatic N) is 2. The number of pyridine rings is 1. The van der Waals surface area contributed by atoms with Gasteiger partial charge in [0.25, 0.3) is 0 Å². The Morgan fingerprint density at radius 3 is 2.69 bits per heavy atom. The van der Waals surface area contributed by atoms with E-state index in [1.54, 1.807) is 0 Å². The van der Waals surface area contributed by atoms with Crippen molar-refractivity contribution in [1.82, 2.24) is 10.3 Å². The van der Waals surface area contributed by atoms with Crippen molar-refractivity contribution in [2.45, 2.75) is 38.8 Å². The fourth-order valence-corrected chi connectivity index (χ4v) is 2.35. The molecule has 3 heteroatoms. The lowest BCUT2D eigenvalue weighted by Crippen LogP contribution is -2.56. The van der Waals surface area contributed by atoms with Crippen LogP contribution in [0.3, 0.4) is 0 Å². The summed E-state index contributed by atoms with van der Waals surface area (Å²) in [6.07, 6.45) is 6.14. The van der Waals surface area contributed by atoms with Crippen LogP contribution in [0.5, 0.6) is 0 Å². The van der Waals surface area contributed by atoms with E-state index in [9.17, 15) is 0 Å². The standard InChI is InChI=1S/C13H21N3/c1-3-11-10-16(12(4-2)9-15-11)13-5-7-14-8-6-13/h5-8,11-12,15H,3-4,9-10H2,1-2H3. The van der Waals surface area contributed by atoms with Gasteiger partial charge in [-0.2, -0.15) is 0 Å². The third-order valence-corrected chi connectivity index (χ3v) is 3.46. The second kappa shape index (κ2) is 5.30. The molecule has 1 aromatic rings. The van der Waals surface area contributed by atoms with E-state index in [4.69, 9.17) is 0 Å². The van der Waals surface area contributed by atoms with Crippen LogP contribution in [0.1, 0.15) is 26.7 Å². The Morgan fingerprint density at radius 1 is 1.31 bits per heavy atom. The molecule has 1 aromatic heterocycles. The highest BCUT2D eigenvalue weighted by Crippen LogP contribution is 2.21. The molecule has 2 unspecified atom stereocenters. The number of nitrogens with one attached hydrogen (secondary N) is 1. The molecule has 0 bridgehead atoms. The molecule has 2 rings (SSSR count). The van der Waals surface area contributed by atoms with E-state index >= 15 is 0 Å². The first-order chi connectivity index (χ1) is 7.85. The Hall–Kier alpha value is -1.09. The molecule has 0 saturated carbocycles. The largest absolute Gasteiger partial charge is 0.366 e. The zero-order valence-corrected chi connectivity index (χ0v) is 10.2. The van der Waals surface area contributed by atoms with Crippen LogP contribution in [0.2, 0.25) is 0 Å². The monoisotopic (exact) mass is 219 g/mol. The summed E-state index contributed by atoms with van der Waals surface area (Å²) in [6, 6.07) is 5.46. The van der Waals surface area contributed by atoms with Crippen molar-refractivity contribution in [1.29, 1.82) is 0 Å². The Kier molecular flexibility index (Phi) is 3.78. The zero-order chi connectivity index (χ0) is 11.4. The minimum absolute atomic E-state index is 0.616. The second-order valence-electron chi connectivity index (χ2n) is 4.43. The zero-order valence-electron chi connectivity index (χ0n) is 10.2. The fraction of sp³-hybridized carbons (Fsp3) is 0.615. The predicted molar refractivity (Wildman–Crippen MR) is 67.7 cm³/mol. The Labute approximate surface area is 97.9 Å². The van der Waals surface area contributed by atoms with Gasteiger partial charge in [0.1, 0.15) is 0 Å².